The van der Waals surface area contributed by atoms with Gasteiger partial charge in [0.15, 0.2) is 0 Å². The molecule has 0 aromatic heterocycles. The van der Waals surface area contributed by atoms with Crippen molar-refractivity contribution in [1.29, 1.82) is 0 Å². The summed E-state index contributed by atoms with van der Waals surface area (Å²) in [6.07, 6.45) is 8.67. The molecule has 0 radical (unpaired) electrons. The van der Waals surface area contributed by atoms with Crippen molar-refractivity contribution in [3.63, 3.8) is 0 Å². The third-order valence-corrected chi connectivity index (χ3v) is 22.8. The van der Waals surface area contributed by atoms with Crippen molar-refractivity contribution in [1.82, 2.24) is 60.0 Å². The van der Waals surface area contributed by atoms with E-state index in [9.17, 15) is 41.9 Å². The number of likely N-dealkylation sites (tertiary alicyclic amines) is 1. The van der Waals surface area contributed by atoms with E-state index in [0.717, 1.165) is 92.6 Å². The molecular formula is C73H110ClF3N12O12. The minimum Gasteiger partial charge on any atom is -0.343 e. The molecule has 3 aliphatic heterocycles. The molecule has 0 unspecified atom stereocenters. The Kier molecular flexibility index (Phi) is 27.9. The summed E-state index contributed by atoms with van der Waals surface area (Å²) < 4.78 is 41.7. The van der Waals surface area contributed by atoms with E-state index < -0.39 is 167 Å². The first kappa shape index (κ1) is 79.6. The predicted molar refractivity (Wildman–Crippen MR) is 371 cm³/mol. The van der Waals surface area contributed by atoms with Gasteiger partial charge in [0.05, 0.1) is 36.6 Å². The molecule has 4 aliphatic carbocycles. The van der Waals surface area contributed by atoms with Gasteiger partial charge in [-0.1, -0.05) is 109 Å². The summed E-state index contributed by atoms with van der Waals surface area (Å²) in [7, 11) is 10.1. The Morgan fingerprint density at radius 3 is 1.78 bits per heavy atom. The first-order valence-electron chi connectivity index (χ1n) is 37.0. The number of carbonyl (C=O) groups excluding carboxylic acids is 12. The number of halogens is 4. The number of fused-ring (bicyclic) bond motifs is 1. The summed E-state index contributed by atoms with van der Waals surface area (Å²) in [4.78, 5) is 191. The average molecular weight is 1440 g/mol. The molecule has 4 saturated carbocycles. The highest BCUT2D eigenvalue weighted by Gasteiger charge is 2.52. The second-order valence-electron chi connectivity index (χ2n) is 30.5. The van der Waals surface area contributed by atoms with Crippen molar-refractivity contribution in [2.24, 2.45) is 23.7 Å². The molecule has 28 heteroatoms. The van der Waals surface area contributed by atoms with Crippen molar-refractivity contribution < 1.29 is 70.7 Å². The van der Waals surface area contributed by atoms with E-state index in [1.165, 1.54) is 84.8 Å². The summed E-state index contributed by atoms with van der Waals surface area (Å²) in [5, 5.41) is 8.23. The normalized spacial score (nSPS) is 27.2. The lowest BCUT2D eigenvalue weighted by Gasteiger charge is -2.43. The number of likely N-dealkylation sites (N-methyl/N-ethyl adjacent to an activating group) is 7. The van der Waals surface area contributed by atoms with E-state index in [0.29, 0.717) is 63.6 Å². The number of aryl methyl sites for hydroxylation is 1. The van der Waals surface area contributed by atoms with Gasteiger partial charge in [0.2, 0.25) is 70.9 Å². The number of alkyl halides is 3. The Bertz CT molecular complexity index is 3170. The van der Waals surface area contributed by atoms with Crippen LogP contribution in [0.1, 0.15) is 192 Å². The Hall–Kier alpha value is -7.06. The van der Waals surface area contributed by atoms with Crippen LogP contribution < -0.4 is 16.0 Å². The quantitative estimate of drug-likeness (QED) is 0.224. The van der Waals surface area contributed by atoms with E-state index in [4.69, 9.17) is 11.6 Å². The van der Waals surface area contributed by atoms with Crippen LogP contribution in [0.5, 0.6) is 0 Å². The van der Waals surface area contributed by atoms with Crippen LogP contribution in [0.15, 0.2) is 18.2 Å². The predicted octanol–water partition coefficient (Wildman–Crippen LogP) is 6.18. The van der Waals surface area contributed by atoms with Crippen LogP contribution in [0.4, 0.5) is 13.2 Å². The SMILES string of the molecule is CC(C)C[C@H]1C(=O)N[C@@H](CC2CC2)C(=O)N(C)CC(=O)N(C)CC(=O)N(C)[C@@H](CC2CCCCC2)C(=O)N(C)CC(=O)N[C@@H](CCc2ccc(C(F)(F)F)c(Cl)c2)C(=O)N2CCC[C@H]2C(=O)NC2(CCCC2)C(=O)N(C)[C@@H](C2CCCCC2)C(=O)N(C)[C@H](C(=O)N2CCCCC2)CC(=O)N1C. The van der Waals surface area contributed by atoms with Crippen LogP contribution in [0.3, 0.4) is 0 Å². The molecular weight excluding hydrogens is 1330 g/mol. The first-order valence-corrected chi connectivity index (χ1v) is 37.3. The molecule has 7 atom stereocenters. The van der Waals surface area contributed by atoms with Gasteiger partial charge in [-0.3, -0.25) is 57.5 Å². The molecule has 1 aromatic carbocycles. The summed E-state index contributed by atoms with van der Waals surface area (Å²) in [6, 6.07) is -5.39. The minimum atomic E-state index is -4.76. The number of nitrogens with zero attached hydrogens (tertiary/aromatic N) is 9. The van der Waals surface area contributed by atoms with Gasteiger partial charge in [-0.15, -0.1) is 0 Å². The second kappa shape index (κ2) is 35.4. The molecule has 24 nitrogen and oxygen atoms in total. The van der Waals surface area contributed by atoms with E-state index in [-0.39, 0.29) is 75.7 Å². The number of nitrogens with one attached hydrogen (secondary N) is 3. The highest BCUT2D eigenvalue weighted by Crippen LogP contribution is 2.39. The highest BCUT2D eigenvalue weighted by molar-refractivity contribution is 6.31. The molecule has 0 bridgehead atoms. The van der Waals surface area contributed by atoms with Crippen LogP contribution >= 0.6 is 11.6 Å². The van der Waals surface area contributed by atoms with E-state index in [1.54, 1.807) is 4.90 Å². The fourth-order valence-corrected chi connectivity index (χ4v) is 16.4. The Morgan fingerprint density at radius 2 is 1.17 bits per heavy atom. The van der Waals surface area contributed by atoms with Crippen molar-refractivity contribution >= 4 is 82.5 Å². The van der Waals surface area contributed by atoms with E-state index >= 15 is 28.8 Å². The van der Waals surface area contributed by atoms with Crippen LogP contribution in [-0.2, 0) is 70.1 Å². The fourth-order valence-electron chi connectivity index (χ4n) is 16.1. The number of rotatable bonds is 11. The van der Waals surface area contributed by atoms with Crippen LogP contribution in [0, 0.1) is 23.7 Å². The summed E-state index contributed by atoms with van der Waals surface area (Å²) in [6.45, 7) is 2.94. The lowest BCUT2D eigenvalue weighted by molar-refractivity contribution is -0.157. The van der Waals surface area contributed by atoms with Crippen molar-refractivity contribution in [2.45, 2.75) is 241 Å². The number of hydrogen-bond acceptors (Lipinski definition) is 12. The smallest absolute Gasteiger partial charge is 0.343 e. The lowest BCUT2D eigenvalue weighted by Crippen LogP contribution is -2.65. The molecule has 101 heavy (non-hydrogen) atoms. The van der Waals surface area contributed by atoms with E-state index in [2.05, 4.69) is 16.0 Å². The number of hydrogen-bond donors (Lipinski definition) is 3. The molecule has 1 aromatic rings. The number of amides is 12. The maximum absolute atomic E-state index is 15.8. The molecule has 3 N–H and O–H groups in total. The van der Waals surface area contributed by atoms with Gasteiger partial charge in [0.1, 0.15) is 47.8 Å². The molecule has 1 spiro atoms. The Labute approximate surface area is 598 Å². The second-order valence-corrected chi connectivity index (χ2v) is 30.9. The van der Waals surface area contributed by atoms with E-state index in [1.807, 2.05) is 13.8 Å². The monoisotopic (exact) mass is 1440 g/mol. The molecule has 3 heterocycles. The van der Waals surface area contributed by atoms with Crippen LogP contribution in [-0.4, -0.2) is 251 Å². The maximum atomic E-state index is 15.8. The average Bonchev–Trinajstić information content (AvgIpc) is 1.75. The Morgan fingerprint density at radius 1 is 0.574 bits per heavy atom. The Balaban J connectivity index is 1.16. The third-order valence-electron chi connectivity index (χ3n) is 22.5. The van der Waals surface area contributed by atoms with Crippen molar-refractivity contribution in [2.75, 3.05) is 88.6 Å². The van der Waals surface area contributed by atoms with Gasteiger partial charge in [0.25, 0.3) is 0 Å². The van der Waals surface area contributed by atoms with Gasteiger partial charge in [-0.05, 0) is 131 Å². The van der Waals surface area contributed by atoms with Gasteiger partial charge in [-0.2, -0.15) is 13.2 Å². The van der Waals surface area contributed by atoms with Gasteiger partial charge < -0.3 is 60.0 Å². The largest absolute Gasteiger partial charge is 0.417 e. The standard InChI is InChI=1S/C73H110ClF3N12O12/c1-46(2)38-56-64(94)79-54(40-49-27-28-49)66(96)83(5)44-61(92)81(3)45-62(93)85(7)57(41-47-22-13-10-14-23-47)68(98)82(4)43-59(90)78-53(32-30-48-29-31-51(52(74)39-48)73(75,76)77)67(97)89-37-21-26-55(89)65(95)80-72(33-17-18-34-72)71(101)87(9)63(50-24-15-11-16-25-50)70(100)86(8)58(42-60(91)84(56)6)69(99)88-35-19-12-20-36-88/h29,31,39,46-47,49-50,53-58,63H,10-28,30,32-38,40-45H2,1-9H3,(H,78,90)(H,79,94)(H,80,95)/t53-,54-,55-,56-,57-,58-,63-/m0/s1. The number of benzene rings is 1. The summed E-state index contributed by atoms with van der Waals surface area (Å²) in [5.74, 6) is -7.93. The van der Waals surface area contributed by atoms with Crippen molar-refractivity contribution in [3.8, 4) is 0 Å². The molecule has 562 valence electrons. The topological polar surface area (TPSA) is 270 Å². The zero-order valence-corrected chi connectivity index (χ0v) is 61.6. The summed E-state index contributed by atoms with van der Waals surface area (Å²) in [5.41, 5.74) is -2.33. The zero-order chi connectivity index (χ0) is 73.8. The minimum absolute atomic E-state index is 0.0246. The van der Waals surface area contributed by atoms with Crippen LogP contribution in [0.25, 0.3) is 0 Å². The highest BCUT2D eigenvalue weighted by atomic mass is 35.5. The maximum Gasteiger partial charge on any atom is 0.417 e. The zero-order valence-electron chi connectivity index (χ0n) is 60.9. The van der Waals surface area contributed by atoms with Crippen LogP contribution in [0.2, 0.25) is 5.02 Å². The molecule has 7 fully saturated rings. The summed E-state index contributed by atoms with van der Waals surface area (Å²) >= 11 is 6.17. The molecule has 7 aliphatic rings. The van der Waals surface area contributed by atoms with Crippen molar-refractivity contribution in [3.05, 3.63) is 34.3 Å². The third kappa shape index (κ3) is 20.4. The lowest BCUT2D eigenvalue weighted by atomic mass is 9.81. The molecule has 12 amide bonds. The number of piperidine rings is 1. The van der Waals surface area contributed by atoms with Gasteiger partial charge in [0, 0.05) is 69.0 Å². The molecule has 8 rings (SSSR count). The molecule has 3 saturated heterocycles. The fraction of sp³-hybridized carbons (Fsp3) is 0.753. The first-order chi connectivity index (χ1) is 47.8. The van der Waals surface area contributed by atoms with Gasteiger partial charge in [-0.25, -0.2) is 0 Å². The number of carbonyl (C=O) groups is 12. The van der Waals surface area contributed by atoms with Gasteiger partial charge >= 0.3 is 6.18 Å².